The summed E-state index contributed by atoms with van der Waals surface area (Å²) in [4.78, 5) is 3.47. The minimum Gasteiger partial charge on any atom is -0.358 e. The molecule has 0 fully saturated rings. The first-order chi connectivity index (χ1) is 6.84. The maximum atomic E-state index is 5.95. The second-order valence-electron chi connectivity index (χ2n) is 4.13. The van der Waals surface area contributed by atoms with E-state index in [1.54, 1.807) is 0 Å². The highest BCUT2D eigenvalue weighted by Gasteiger charge is 2.19. The molecule has 0 aliphatic heterocycles. The Morgan fingerprint density at radius 1 is 1.29 bits per heavy atom. The van der Waals surface area contributed by atoms with Gasteiger partial charge in [-0.1, -0.05) is 18.2 Å². The van der Waals surface area contributed by atoms with Crippen LogP contribution in [0.3, 0.4) is 0 Å². The summed E-state index contributed by atoms with van der Waals surface area (Å²) >= 11 is 0. The van der Waals surface area contributed by atoms with E-state index in [9.17, 15) is 0 Å². The summed E-state index contributed by atoms with van der Waals surface area (Å²) in [5, 5.41) is 1.38. The molecule has 1 aromatic carbocycles. The molecule has 1 aliphatic carbocycles. The lowest BCUT2D eigenvalue weighted by Gasteiger charge is -2.17. The molecule has 1 aromatic heterocycles. The maximum absolute atomic E-state index is 5.95. The van der Waals surface area contributed by atoms with Crippen molar-refractivity contribution in [3.05, 3.63) is 35.5 Å². The zero-order chi connectivity index (χ0) is 9.54. The molecule has 0 spiro atoms. The van der Waals surface area contributed by atoms with E-state index in [4.69, 9.17) is 5.73 Å². The summed E-state index contributed by atoms with van der Waals surface area (Å²) in [7, 11) is 0. The molecule has 3 rings (SSSR count). The van der Waals surface area contributed by atoms with Crippen LogP contribution >= 0.6 is 0 Å². The van der Waals surface area contributed by atoms with Crippen LogP contribution in [-0.4, -0.2) is 11.0 Å². The van der Waals surface area contributed by atoms with Crippen molar-refractivity contribution in [3.63, 3.8) is 0 Å². The van der Waals surface area contributed by atoms with Crippen LogP contribution in [0.4, 0.5) is 0 Å². The molecule has 0 amide bonds. The number of hydrogen-bond donors (Lipinski definition) is 2. The molecule has 2 heteroatoms. The third-order valence-corrected chi connectivity index (χ3v) is 3.13. The Morgan fingerprint density at radius 3 is 3.07 bits per heavy atom. The van der Waals surface area contributed by atoms with Crippen molar-refractivity contribution in [1.29, 1.82) is 0 Å². The van der Waals surface area contributed by atoms with Crippen LogP contribution in [0.1, 0.15) is 17.7 Å². The predicted molar refractivity (Wildman–Crippen MR) is 58.3 cm³/mol. The Bertz CT molecular complexity index is 470. The monoisotopic (exact) mass is 186 g/mol. The highest BCUT2D eigenvalue weighted by atomic mass is 14.8. The van der Waals surface area contributed by atoms with Gasteiger partial charge in [0, 0.05) is 29.1 Å². The van der Waals surface area contributed by atoms with Crippen molar-refractivity contribution in [1.82, 2.24) is 4.98 Å². The Morgan fingerprint density at radius 2 is 2.14 bits per heavy atom. The molecule has 0 saturated carbocycles. The number of aromatic nitrogens is 1. The molecule has 1 heterocycles. The van der Waals surface area contributed by atoms with Gasteiger partial charge in [-0.05, 0) is 24.5 Å². The SMILES string of the molecule is N[C@H]1CCc2c([nH]c3ccccc23)C1. The Balaban J connectivity index is 2.24. The summed E-state index contributed by atoms with van der Waals surface area (Å²) < 4.78 is 0. The summed E-state index contributed by atoms with van der Waals surface area (Å²) in [6.45, 7) is 0. The first kappa shape index (κ1) is 8.06. The van der Waals surface area contributed by atoms with Crippen molar-refractivity contribution in [2.75, 3.05) is 0 Å². The van der Waals surface area contributed by atoms with Gasteiger partial charge in [-0.2, -0.15) is 0 Å². The quantitative estimate of drug-likeness (QED) is 0.649. The van der Waals surface area contributed by atoms with Crippen LogP contribution in [0.2, 0.25) is 0 Å². The van der Waals surface area contributed by atoms with Gasteiger partial charge in [-0.25, -0.2) is 0 Å². The van der Waals surface area contributed by atoms with E-state index in [0.29, 0.717) is 6.04 Å². The highest BCUT2D eigenvalue weighted by Crippen LogP contribution is 2.28. The van der Waals surface area contributed by atoms with E-state index in [1.165, 1.54) is 22.2 Å². The van der Waals surface area contributed by atoms with Crippen LogP contribution in [0.15, 0.2) is 24.3 Å². The lowest BCUT2D eigenvalue weighted by molar-refractivity contribution is 0.572. The number of nitrogens with one attached hydrogen (secondary N) is 1. The topological polar surface area (TPSA) is 41.8 Å². The van der Waals surface area contributed by atoms with Gasteiger partial charge in [-0.15, -0.1) is 0 Å². The van der Waals surface area contributed by atoms with Crippen molar-refractivity contribution >= 4 is 10.9 Å². The molecular weight excluding hydrogens is 172 g/mol. The molecular formula is C12H14N2. The first-order valence-corrected chi connectivity index (χ1v) is 5.18. The van der Waals surface area contributed by atoms with Gasteiger partial charge < -0.3 is 10.7 Å². The first-order valence-electron chi connectivity index (χ1n) is 5.18. The van der Waals surface area contributed by atoms with E-state index in [-0.39, 0.29) is 0 Å². The third-order valence-electron chi connectivity index (χ3n) is 3.13. The van der Waals surface area contributed by atoms with Crippen molar-refractivity contribution < 1.29 is 0 Å². The van der Waals surface area contributed by atoms with Crippen LogP contribution in [0.25, 0.3) is 10.9 Å². The summed E-state index contributed by atoms with van der Waals surface area (Å²) in [6, 6.07) is 8.85. The number of H-pyrrole nitrogens is 1. The fourth-order valence-electron chi connectivity index (χ4n) is 2.41. The van der Waals surface area contributed by atoms with Crippen molar-refractivity contribution in [3.8, 4) is 0 Å². The number of rotatable bonds is 0. The Kier molecular flexibility index (Phi) is 1.64. The molecule has 0 radical (unpaired) electrons. The van der Waals surface area contributed by atoms with E-state index in [1.807, 2.05) is 0 Å². The number of nitrogens with two attached hydrogens (primary N) is 1. The van der Waals surface area contributed by atoms with E-state index >= 15 is 0 Å². The van der Waals surface area contributed by atoms with Crippen molar-refractivity contribution in [2.24, 2.45) is 5.73 Å². The zero-order valence-electron chi connectivity index (χ0n) is 8.09. The molecule has 1 atom stereocenters. The number of para-hydroxylation sites is 1. The number of benzene rings is 1. The molecule has 0 bridgehead atoms. The molecule has 0 saturated heterocycles. The van der Waals surface area contributed by atoms with E-state index < -0.39 is 0 Å². The zero-order valence-corrected chi connectivity index (χ0v) is 8.09. The molecule has 1 aliphatic rings. The number of fused-ring (bicyclic) bond motifs is 3. The molecule has 3 N–H and O–H groups in total. The van der Waals surface area contributed by atoms with Gasteiger partial charge in [0.2, 0.25) is 0 Å². The summed E-state index contributed by atoms with van der Waals surface area (Å²) in [5.74, 6) is 0. The van der Waals surface area contributed by atoms with Crippen LogP contribution in [-0.2, 0) is 12.8 Å². The largest absolute Gasteiger partial charge is 0.358 e. The lowest BCUT2D eigenvalue weighted by atomic mass is 9.92. The molecule has 0 unspecified atom stereocenters. The Hall–Kier alpha value is -1.28. The second-order valence-corrected chi connectivity index (χ2v) is 4.13. The number of aromatic amines is 1. The van der Waals surface area contributed by atoms with E-state index in [0.717, 1.165) is 19.3 Å². The van der Waals surface area contributed by atoms with Gasteiger partial charge in [-0.3, -0.25) is 0 Å². The van der Waals surface area contributed by atoms with Gasteiger partial charge in [0.15, 0.2) is 0 Å². The average Bonchev–Trinajstić information content (AvgIpc) is 2.54. The fourth-order valence-corrected chi connectivity index (χ4v) is 2.41. The second kappa shape index (κ2) is 2.85. The molecule has 2 nitrogen and oxygen atoms in total. The van der Waals surface area contributed by atoms with Crippen LogP contribution < -0.4 is 5.73 Å². The maximum Gasteiger partial charge on any atom is 0.0458 e. The number of aryl methyl sites for hydroxylation is 1. The molecule has 72 valence electrons. The van der Waals surface area contributed by atoms with Crippen LogP contribution in [0.5, 0.6) is 0 Å². The summed E-state index contributed by atoms with van der Waals surface area (Å²) in [6.07, 6.45) is 3.25. The third kappa shape index (κ3) is 1.07. The summed E-state index contributed by atoms with van der Waals surface area (Å²) in [5.41, 5.74) is 10.0. The molecule has 2 aromatic rings. The average molecular weight is 186 g/mol. The van der Waals surface area contributed by atoms with Crippen LogP contribution in [0, 0.1) is 0 Å². The lowest BCUT2D eigenvalue weighted by Crippen LogP contribution is -2.27. The normalized spacial score (nSPS) is 21.1. The number of hydrogen-bond acceptors (Lipinski definition) is 1. The smallest absolute Gasteiger partial charge is 0.0458 e. The highest BCUT2D eigenvalue weighted by molar-refractivity contribution is 5.84. The van der Waals surface area contributed by atoms with Gasteiger partial charge in [0.25, 0.3) is 0 Å². The standard InChI is InChI=1S/C12H14N2/c13-8-5-6-10-9-3-1-2-4-11(9)14-12(10)7-8/h1-4,8,14H,5-7,13H2/t8-/m0/s1. The minimum absolute atomic E-state index is 0.343. The minimum atomic E-state index is 0.343. The Labute approximate surface area is 83.1 Å². The van der Waals surface area contributed by atoms with Gasteiger partial charge >= 0.3 is 0 Å². The molecule has 14 heavy (non-hydrogen) atoms. The van der Waals surface area contributed by atoms with Gasteiger partial charge in [0.1, 0.15) is 0 Å². The van der Waals surface area contributed by atoms with E-state index in [2.05, 4.69) is 29.2 Å². The van der Waals surface area contributed by atoms with Crippen molar-refractivity contribution in [2.45, 2.75) is 25.3 Å². The fraction of sp³-hybridized carbons (Fsp3) is 0.333. The van der Waals surface area contributed by atoms with Gasteiger partial charge in [0.05, 0.1) is 0 Å². The predicted octanol–water partition coefficient (Wildman–Crippen LogP) is 1.98.